The van der Waals surface area contributed by atoms with Crippen molar-refractivity contribution in [1.29, 1.82) is 0 Å². The van der Waals surface area contributed by atoms with Crippen LogP contribution in [0, 0.1) is 0 Å². The Labute approximate surface area is 229 Å². The van der Waals surface area contributed by atoms with Gasteiger partial charge in [-0.3, -0.25) is 0 Å². The zero-order chi connectivity index (χ0) is 26.7. The van der Waals surface area contributed by atoms with E-state index >= 15 is 0 Å². The summed E-state index contributed by atoms with van der Waals surface area (Å²) >= 11 is 0. The van der Waals surface area contributed by atoms with Crippen LogP contribution in [0.2, 0.25) is 0 Å². The Morgan fingerprint density at radius 1 is 0.947 bits per heavy atom. The Bertz CT molecular complexity index is 1340. The number of aryl methyl sites for hydroxylation is 1. The average molecular weight is 508 g/mol. The molecule has 1 aliphatic rings. The van der Waals surface area contributed by atoms with Crippen LogP contribution in [0.3, 0.4) is 0 Å². The number of nitrogens with two attached hydrogens (primary N) is 1. The van der Waals surface area contributed by atoms with E-state index in [0.29, 0.717) is 0 Å². The summed E-state index contributed by atoms with van der Waals surface area (Å²) in [7, 11) is 0. The molecule has 0 spiro atoms. The fourth-order valence-electron chi connectivity index (χ4n) is 5.40. The third-order valence-corrected chi connectivity index (χ3v) is 7.72. The summed E-state index contributed by atoms with van der Waals surface area (Å²) in [5.74, 6) is 0. The molecule has 3 heteroatoms. The molecular weight excluding hydrogens is 462 g/mol. The van der Waals surface area contributed by atoms with Crippen molar-refractivity contribution in [3.8, 4) is 0 Å². The van der Waals surface area contributed by atoms with Crippen molar-refractivity contribution in [1.82, 2.24) is 9.55 Å². The van der Waals surface area contributed by atoms with Crippen LogP contribution >= 0.6 is 0 Å². The van der Waals surface area contributed by atoms with Crippen LogP contribution in [0.25, 0.3) is 23.9 Å². The number of aromatic nitrogens is 2. The number of imidazole rings is 1. The molecule has 0 radical (unpaired) electrons. The van der Waals surface area contributed by atoms with Crippen LogP contribution in [-0.4, -0.2) is 16.1 Å². The molecule has 4 rings (SSSR count). The molecule has 38 heavy (non-hydrogen) atoms. The van der Waals surface area contributed by atoms with Crippen LogP contribution in [0.15, 0.2) is 66.2 Å². The summed E-state index contributed by atoms with van der Waals surface area (Å²) in [6.07, 6.45) is 17.4. The smallest absolute Gasteiger partial charge is 0.136 e. The molecule has 0 aliphatic heterocycles. The van der Waals surface area contributed by atoms with Gasteiger partial charge in [-0.25, -0.2) is 4.98 Å². The van der Waals surface area contributed by atoms with Crippen molar-refractivity contribution >= 4 is 23.9 Å². The van der Waals surface area contributed by atoms with E-state index in [1.165, 1.54) is 78.4 Å². The van der Waals surface area contributed by atoms with Crippen molar-refractivity contribution in [2.75, 3.05) is 6.54 Å². The third kappa shape index (κ3) is 7.68. The van der Waals surface area contributed by atoms with E-state index in [1.807, 2.05) is 0 Å². The van der Waals surface area contributed by atoms with Gasteiger partial charge in [-0.2, -0.15) is 0 Å². The quantitative estimate of drug-likeness (QED) is 0.204. The van der Waals surface area contributed by atoms with Gasteiger partial charge in [-0.05, 0) is 93.2 Å². The van der Waals surface area contributed by atoms with E-state index in [1.54, 1.807) is 0 Å². The second kappa shape index (κ2) is 14.1. The molecule has 2 aromatic carbocycles. The first-order chi connectivity index (χ1) is 18.5. The van der Waals surface area contributed by atoms with Gasteiger partial charge in [-0.1, -0.05) is 92.1 Å². The Morgan fingerprint density at radius 3 is 2.39 bits per heavy atom. The lowest BCUT2D eigenvalue weighted by molar-refractivity contribution is 0.618. The molecule has 1 heterocycles. The fourth-order valence-corrected chi connectivity index (χ4v) is 5.40. The molecule has 0 saturated carbocycles. The number of hydrogen-bond donors (Lipinski definition) is 1. The van der Waals surface area contributed by atoms with Crippen molar-refractivity contribution in [2.24, 2.45) is 5.73 Å². The molecule has 0 amide bonds. The summed E-state index contributed by atoms with van der Waals surface area (Å²) in [5.41, 5.74) is 15.7. The predicted molar refractivity (Wildman–Crippen MR) is 164 cm³/mol. The van der Waals surface area contributed by atoms with Gasteiger partial charge in [0.2, 0.25) is 0 Å². The molecule has 200 valence electrons. The summed E-state index contributed by atoms with van der Waals surface area (Å²) in [6, 6.07) is 19.8. The monoisotopic (exact) mass is 507 g/mol. The normalized spacial score (nSPS) is 14.6. The van der Waals surface area contributed by atoms with E-state index in [0.717, 1.165) is 48.8 Å². The second-order valence-electron chi connectivity index (χ2n) is 10.9. The highest BCUT2D eigenvalue weighted by Gasteiger charge is 2.12. The molecule has 3 nitrogen and oxygen atoms in total. The largest absolute Gasteiger partial charge is 0.330 e. The standard InChI is InChI=1S/C35H45N3/c1-27(24-31-15-9-7-10-16-31)35-37-34(25-32-17-11-12-18-32)29(3)38(35)26-28(2)33-21-19-30(20-22-33)14-8-5-4-6-13-23-36/h7,9-10,15-17,19-22,26H,3-6,8,11-14,18,23-25,36H2,1-2H3/b28-26+,35-27+. The van der Waals surface area contributed by atoms with E-state index in [2.05, 4.69) is 91.9 Å². The zero-order valence-corrected chi connectivity index (χ0v) is 23.5. The molecule has 0 fully saturated rings. The lowest BCUT2D eigenvalue weighted by Crippen LogP contribution is -2.25. The van der Waals surface area contributed by atoms with Gasteiger partial charge < -0.3 is 10.3 Å². The van der Waals surface area contributed by atoms with Crippen LogP contribution in [0.4, 0.5) is 0 Å². The SMILES string of the molecule is C=c1c(CC2=CCCC2)n/c(=C(/C)Cc2ccccc2)n1/C=C(\C)c1ccc(CCCCCCCN)cc1. The summed E-state index contributed by atoms with van der Waals surface area (Å²) in [6.45, 7) is 9.72. The van der Waals surface area contributed by atoms with Crippen LogP contribution in [0.5, 0.6) is 0 Å². The predicted octanol–water partition coefficient (Wildman–Crippen LogP) is 6.83. The minimum absolute atomic E-state index is 0.814. The average Bonchev–Trinajstić information content (AvgIpc) is 3.55. The summed E-state index contributed by atoms with van der Waals surface area (Å²) in [5, 5.41) is 1.01. The van der Waals surface area contributed by atoms with Gasteiger partial charge >= 0.3 is 0 Å². The van der Waals surface area contributed by atoms with Crippen molar-refractivity contribution in [2.45, 2.75) is 84.5 Å². The molecule has 1 aromatic heterocycles. The number of rotatable bonds is 13. The van der Waals surface area contributed by atoms with Gasteiger partial charge in [0.1, 0.15) is 5.48 Å². The number of nitrogens with zero attached hydrogens (tertiary/aromatic N) is 2. The zero-order valence-electron chi connectivity index (χ0n) is 23.5. The lowest BCUT2D eigenvalue weighted by atomic mass is 10.0. The molecule has 0 bridgehead atoms. The lowest BCUT2D eigenvalue weighted by Gasteiger charge is -2.07. The molecule has 2 N–H and O–H groups in total. The molecule has 0 atom stereocenters. The number of unbranched alkanes of at least 4 members (excludes halogenated alkanes) is 4. The maximum absolute atomic E-state index is 5.60. The Hall–Kier alpha value is -3.17. The van der Waals surface area contributed by atoms with E-state index < -0.39 is 0 Å². The number of allylic oxidation sites excluding steroid dienone is 3. The minimum Gasteiger partial charge on any atom is -0.330 e. The van der Waals surface area contributed by atoms with Gasteiger partial charge in [0, 0.05) is 12.6 Å². The molecule has 0 unspecified atom stereocenters. The highest BCUT2D eigenvalue weighted by molar-refractivity contribution is 5.74. The van der Waals surface area contributed by atoms with Gasteiger partial charge in [0.25, 0.3) is 0 Å². The van der Waals surface area contributed by atoms with Crippen molar-refractivity contribution in [3.63, 3.8) is 0 Å². The molecule has 0 saturated heterocycles. The minimum atomic E-state index is 0.814. The van der Waals surface area contributed by atoms with E-state index in [-0.39, 0.29) is 0 Å². The maximum Gasteiger partial charge on any atom is 0.136 e. The van der Waals surface area contributed by atoms with Crippen LogP contribution in [0.1, 0.15) is 87.6 Å². The fraction of sp³-hybridized carbons (Fsp3) is 0.400. The molecule has 3 aromatic rings. The first-order valence-electron chi connectivity index (χ1n) is 14.5. The summed E-state index contributed by atoms with van der Waals surface area (Å²) in [4.78, 5) is 5.16. The summed E-state index contributed by atoms with van der Waals surface area (Å²) < 4.78 is 2.23. The maximum atomic E-state index is 5.60. The number of benzene rings is 2. The highest BCUT2D eigenvalue weighted by Crippen LogP contribution is 2.20. The number of hydrogen-bond acceptors (Lipinski definition) is 2. The Morgan fingerprint density at radius 2 is 1.68 bits per heavy atom. The third-order valence-electron chi connectivity index (χ3n) is 7.72. The first-order valence-corrected chi connectivity index (χ1v) is 14.5. The van der Waals surface area contributed by atoms with Gasteiger partial charge in [0.15, 0.2) is 0 Å². The highest BCUT2D eigenvalue weighted by atomic mass is 15.0. The van der Waals surface area contributed by atoms with Crippen molar-refractivity contribution < 1.29 is 0 Å². The topological polar surface area (TPSA) is 43.8 Å². The van der Waals surface area contributed by atoms with E-state index in [4.69, 9.17) is 10.7 Å². The van der Waals surface area contributed by atoms with E-state index in [9.17, 15) is 0 Å². The van der Waals surface area contributed by atoms with Gasteiger partial charge in [-0.15, -0.1) is 0 Å². The first kappa shape index (κ1) is 27.9. The molecule has 1 aliphatic carbocycles. The van der Waals surface area contributed by atoms with Gasteiger partial charge in [0.05, 0.1) is 11.0 Å². The Kier molecular flexibility index (Phi) is 10.3. The van der Waals surface area contributed by atoms with Crippen LogP contribution < -0.4 is 16.6 Å². The van der Waals surface area contributed by atoms with Crippen molar-refractivity contribution in [3.05, 3.63) is 99.5 Å². The Balaban J connectivity index is 1.57. The second-order valence-corrected chi connectivity index (χ2v) is 10.9. The van der Waals surface area contributed by atoms with Crippen LogP contribution in [-0.2, 0) is 19.3 Å². The molecular formula is C35H45N3.